The Hall–Kier alpha value is -1.85. The van der Waals surface area contributed by atoms with Gasteiger partial charge < -0.3 is 14.2 Å². The number of hydrogen-bond donors (Lipinski definition) is 0. The fourth-order valence-corrected chi connectivity index (χ4v) is 1.13. The van der Waals surface area contributed by atoms with Crippen molar-refractivity contribution in [3.8, 4) is 0 Å². The third kappa shape index (κ3) is 11.0. The van der Waals surface area contributed by atoms with E-state index in [1.165, 1.54) is 0 Å². The van der Waals surface area contributed by atoms with Crippen LogP contribution in [0.15, 0.2) is 12.7 Å². The average Bonchev–Trinajstić information content (AvgIpc) is 2.33. The SMILES string of the molecule is C=CC(=O)OCCOC(=O)CCCC(=O)OC(C)C. The maximum atomic E-state index is 11.2. The lowest BCUT2D eigenvalue weighted by atomic mass is 10.2. The largest absolute Gasteiger partial charge is 0.463 e. The number of rotatable bonds is 9. The molecule has 0 spiro atoms. The number of esters is 3. The van der Waals surface area contributed by atoms with Crippen LogP contribution in [-0.4, -0.2) is 37.2 Å². The van der Waals surface area contributed by atoms with E-state index in [-0.39, 0.29) is 38.1 Å². The molecule has 0 saturated carbocycles. The number of hydrogen-bond acceptors (Lipinski definition) is 6. The monoisotopic (exact) mass is 272 g/mol. The maximum Gasteiger partial charge on any atom is 0.330 e. The van der Waals surface area contributed by atoms with Crippen molar-refractivity contribution in [2.24, 2.45) is 0 Å². The zero-order valence-electron chi connectivity index (χ0n) is 11.3. The van der Waals surface area contributed by atoms with Gasteiger partial charge in [0.15, 0.2) is 0 Å². The van der Waals surface area contributed by atoms with Gasteiger partial charge in [0.25, 0.3) is 0 Å². The molecule has 0 aromatic rings. The third-order valence-corrected chi connectivity index (χ3v) is 1.89. The van der Waals surface area contributed by atoms with Crippen LogP contribution in [0.25, 0.3) is 0 Å². The lowest BCUT2D eigenvalue weighted by molar-refractivity contribution is -0.150. The van der Waals surface area contributed by atoms with Crippen molar-refractivity contribution >= 4 is 17.9 Å². The highest BCUT2D eigenvalue weighted by Crippen LogP contribution is 2.01. The molecule has 0 unspecified atom stereocenters. The normalized spacial score (nSPS) is 9.84. The third-order valence-electron chi connectivity index (χ3n) is 1.89. The van der Waals surface area contributed by atoms with Crippen LogP contribution in [0.2, 0.25) is 0 Å². The molecule has 0 rings (SSSR count). The van der Waals surface area contributed by atoms with Crippen LogP contribution in [0.4, 0.5) is 0 Å². The van der Waals surface area contributed by atoms with Crippen LogP contribution in [0.1, 0.15) is 33.1 Å². The first-order valence-corrected chi connectivity index (χ1v) is 6.10. The molecular formula is C13H20O6. The van der Waals surface area contributed by atoms with E-state index < -0.39 is 11.9 Å². The van der Waals surface area contributed by atoms with Crippen LogP contribution in [-0.2, 0) is 28.6 Å². The highest BCUT2D eigenvalue weighted by molar-refractivity contribution is 5.81. The lowest BCUT2D eigenvalue weighted by Gasteiger charge is -2.07. The second kappa shape index (κ2) is 10.1. The van der Waals surface area contributed by atoms with E-state index in [2.05, 4.69) is 11.3 Å². The molecule has 0 aliphatic carbocycles. The molecule has 19 heavy (non-hydrogen) atoms. The summed E-state index contributed by atoms with van der Waals surface area (Å²) in [6.45, 7) is 6.73. The smallest absolute Gasteiger partial charge is 0.330 e. The molecule has 0 amide bonds. The van der Waals surface area contributed by atoms with E-state index in [9.17, 15) is 14.4 Å². The maximum absolute atomic E-state index is 11.2. The lowest BCUT2D eigenvalue weighted by Crippen LogP contribution is -2.14. The quantitative estimate of drug-likeness (QED) is 0.273. The Balaban J connectivity index is 3.52. The van der Waals surface area contributed by atoms with Crippen molar-refractivity contribution < 1.29 is 28.6 Å². The van der Waals surface area contributed by atoms with Crippen LogP contribution >= 0.6 is 0 Å². The van der Waals surface area contributed by atoms with Gasteiger partial charge in [0.1, 0.15) is 13.2 Å². The summed E-state index contributed by atoms with van der Waals surface area (Å²) in [5.41, 5.74) is 0. The van der Waals surface area contributed by atoms with Crippen molar-refractivity contribution in [1.29, 1.82) is 0 Å². The molecule has 0 aliphatic rings. The fourth-order valence-electron chi connectivity index (χ4n) is 1.13. The van der Waals surface area contributed by atoms with Gasteiger partial charge in [-0.15, -0.1) is 0 Å². The van der Waals surface area contributed by atoms with Gasteiger partial charge in [0.05, 0.1) is 6.10 Å². The minimum atomic E-state index is -0.563. The molecule has 0 atom stereocenters. The second-order valence-corrected chi connectivity index (χ2v) is 3.98. The predicted octanol–water partition coefficient (Wildman–Crippen LogP) is 1.38. The van der Waals surface area contributed by atoms with E-state index in [0.29, 0.717) is 6.42 Å². The van der Waals surface area contributed by atoms with Crippen LogP contribution in [0.3, 0.4) is 0 Å². The summed E-state index contributed by atoms with van der Waals surface area (Å²) in [6.07, 6.45) is 1.55. The summed E-state index contributed by atoms with van der Waals surface area (Å²) < 4.78 is 14.3. The highest BCUT2D eigenvalue weighted by Gasteiger charge is 2.08. The van der Waals surface area contributed by atoms with Gasteiger partial charge in [-0.1, -0.05) is 6.58 Å². The van der Waals surface area contributed by atoms with Crippen molar-refractivity contribution in [2.45, 2.75) is 39.2 Å². The molecule has 6 nitrogen and oxygen atoms in total. The van der Waals surface area contributed by atoms with Gasteiger partial charge in [-0.25, -0.2) is 4.79 Å². The van der Waals surface area contributed by atoms with Gasteiger partial charge in [-0.2, -0.15) is 0 Å². The van der Waals surface area contributed by atoms with Gasteiger partial charge >= 0.3 is 17.9 Å². The Bertz CT molecular complexity index is 321. The predicted molar refractivity (Wildman–Crippen MR) is 67.2 cm³/mol. The number of carbonyl (C=O) groups is 3. The van der Waals surface area contributed by atoms with Crippen LogP contribution < -0.4 is 0 Å². The Labute approximate surface area is 112 Å². The van der Waals surface area contributed by atoms with Crippen LogP contribution in [0, 0.1) is 0 Å². The van der Waals surface area contributed by atoms with Crippen LogP contribution in [0.5, 0.6) is 0 Å². The number of carbonyl (C=O) groups excluding carboxylic acids is 3. The minimum Gasteiger partial charge on any atom is -0.463 e. The van der Waals surface area contributed by atoms with Gasteiger partial charge in [0, 0.05) is 18.9 Å². The molecule has 0 N–H and O–H groups in total. The van der Waals surface area contributed by atoms with Crippen molar-refractivity contribution in [1.82, 2.24) is 0 Å². The molecule has 0 bridgehead atoms. The van der Waals surface area contributed by atoms with E-state index >= 15 is 0 Å². The topological polar surface area (TPSA) is 78.9 Å². The van der Waals surface area contributed by atoms with E-state index in [4.69, 9.17) is 9.47 Å². The van der Waals surface area contributed by atoms with E-state index in [1.54, 1.807) is 13.8 Å². The van der Waals surface area contributed by atoms with Gasteiger partial charge in [0.2, 0.25) is 0 Å². The fraction of sp³-hybridized carbons (Fsp3) is 0.615. The molecule has 108 valence electrons. The molecule has 0 aromatic carbocycles. The zero-order chi connectivity index (χ0) is 14.7. The standard InChI is InChI=1S/C13H20O6/c1-4-11(14)17-8-9-18-12(15)6-5-7-13(16)19-10(2)3/h4,10H,1,5-9H2,2-3H3. The minimum absolute atomic E-state index is 0.00511. The van der Waals surface area contributed by atoms with Crippen molar-refractivity contribution in [3.63, 3.8) is 0 Å². The summed E-state index contributed by atoms with van der Waals surface area (Å²) in [7, 11) is 0. The zero-order valence-corrected chi connectivity index (χ0v) is 11.3. The molecule has 0 saturated heterocycles. The Morgan fingerprint density at radius 2 is 1.63 bits per heavy atom. The Morgan fingerprint density at radius 3 is 2.21 bits per heavy atom. The highest BCUT2D eigenvalue weighted by atomic mass is 16.6. The van der Waals surface area contributed by atoms with Crippen molar-refractivity contribution in [2.75, 3.05) is 13.2 Å². The van der Waals surface area contributed by atoms with Crippen molar-refractivity contribution in [3.05, 3.63) is 12.7 Å². The van der Waals surface area contributed by atoms with Gasteiger partial charge in [-0.3, -0.25) is 9.59 Å². The first-order chi connectivity index (χ1) is 8.95. The summed E-state index contributed by atoms with van der Waals surface area (Å²) in [4.78, 5) is 33.0. The summed E-state index contributed by atoms with van der Waals surface area (Å²) in [5.74, 6) is -1.33. The summed E-state index contributed by atoms with van der Waals surface area (Å²) in [5, 5.41) is 0. The summed E-state index contributed by atoms with van der Waals surface area (Å²) in [6, 6.07) is 0. The molecule has 0 aliphatic heterocycles. The first kappa shape index (κ1) is 17.2. The molecule has 0 radical (unpaired) electrons. The molecule has 0 fully saturated rings. The number of ether oxygens (including phenoxy) is 3. The Morgan fingerprint density at radius 1 is 1.05 bits per heavy atom. The summed E-state index contributed by atoms with van der Waals surface area (Å²) >= 11 is 0. The van der Waals surface area contributed by atoms with Gasteiger partial charge in [-0.05, 0) is 20.3 Å². The average molecular weight is 272 g/mol. The second-order valence-electron chi connectivity index (χ2n) is 3.98. The molecule has 0 heterocycles. The molecule has 0 aromatic heterocycles. The van der Waals surface area contributed by atoms with E-state index in [0.717, 1.165) is 6.08 Å². The molecular weight excluding hydrogens is 252 g/mol. The Kier molecular flexibility index (Phi) is 9.12. The first-order valence-electron chi connectivity index (χ1n) is 6.10. The molecule has 6 heteroatoms. The van der Waals surface area contributed by atoms with E-state index in [1.807, 2.05) is 0 Å².